The van der Waals surface area contributed by atoms with E-state index in [0.29, 0.717) is 13.0 Å². The van der Waals surface area contributed by atoms with Crippen LogP contribution in [0.1, 0.15) is 32.1 Å². The molecule has 0 aliphatic heterocycles. The van der Waals surface area contributed by atoms with E-state index in [1.807, 2.05) is 0 Å². The molecule has 0 aromatic rings. The van der Waals surface area contributed by atoms with Crippen molar-refractivity contribution in [2.45, 2.75) is 50.2 Å². The van der Waals surface area contributed by atoms with Crippen LogP contribution < -0.4 is 28.7 Å². The van der Waals surface area contributed by atoms with Crippen LogP contribution in [0.15, 0.2) is 0 Å². The number of carboxylic acid groups (broad SMARTS) is 3. The van der Waals surface area contributed by atoms with E-state index in [0.717, 1.165) is 12.8 Å². The van der Waals surface area contributed by atoms with Crippen LogP contribution in [0.4, 0.5) is 0 Å². The van der Waals surface area contributed by atoms with Crippen LogP contribution in [0.2, 0.25) is 0 Å². The van der Waals surface area contributed by atoms with Crippen LogP contribution >= 0.6 is 12.6 Å². The molecular formula is C14H31N5O7S. The highest BCUT2D eigenvalue weighted by molar-refractivity contribution is 7.80. The van der Waals surface area contributed by atoms with Gasteiger partial charge in [0.15, 0.2) is 0 Å². The number of carbonyl (C=O) groups is 4. The maximum atomic E-state index is 10.1. The van der Waals surface area contributed by atoms with Crippen molar-refractivity contribution in [3.8, 4) is 0 Å². The van der Waals surface area contributed by atoms with Gasteiger partial charge in [0.1, 0.15) is 18.1 Å². The molecule has 27 heavy (non-hydrogen) atoms. The van der Waals surface area contributed by atoms with Crippen molar-refractivity contribution in [2.75, 3.05) is 12.3 Å². The van der Waals surface area contributed by atoms with Crippen LogP contribution in [0.25, 0.3) is 0 Å². The lowest BCUT2D eigenvalue weighted by Crippen LogP contribution is -2.31. The van der Waals surface area contributed by atoms with E-state index >= 15 is 0 Å². The van der Waals surface area contributed by atoms with Gasteiger partial charge in [-0.1, -0.05) is 6.42 Å². The fraction of sp³-hybridized carbons (Fsp3) is 0.714. The van der Waals surface area contributed by atoms with E-state index < -0.39 is 41.9 Å². The Morgan fingerprint density at radius 1 is 0.778 bits per heavy atom. The fourth-order valence-electron chi connectivity index (χ4n) is 1.13. The summed E-state index contributed by atoms with van der Waals surface area (Å²) in [6.07, 6.45) is 2.29. The highest BCUT2D eigenvalue weighted by Crippen LogP contribution is 1.97. The number of primary amides is 1. The number of aliphatic carboxylic acids is 3. The smallest absolute Gasteiger partial charge is 0.321 e. The molecule has 0 aromatic carbocycles. The number of unbranched alkanes of at least 4 members (excludes halogenated alkanes) is 1. The molecule has 0 unspecified atom stereocenters. The van der Waals surface area contributed by atoms with Gasteiger partial charge in [0.25, 0.3) is 0 Å². The van der Waals surface area contributed by atoms with Crippen LogP contribution in [0, 0.1) is 0 Å². The van der Waals surface area contributed by atoms with Crippen LogP contribution in [-0.2, 0) is 19.2 Å². The van der Waals surface area contributed by atoms with E-state index in [4.69, 9.17) is 44.0 Å². The molecule has 0 saturated heterocycles. The molecule has 0 aromatic heterocycles. The van der Waals surface area contributed by atoms with E-state index in [2.05, 4.69) is 12.6 Å². The number of thiol groups is 1. The van der Waals surface area contributed by atoms with E-state index in [9.17, 15) is 19.2 Å². The average Bonchev–Trinajstić information content (AvgIpc) is 2.59. The van der Waals surface area contributed by atoms with Crippen molar-refractivity contribution in [3.63, 3.8) is 0 Å². The summed E-state index contributed by atoms with van der Waals surface area (Å²) in [6, 6.07) is -2.51. The van der Waals surface area contributed by atoms with Crippen LogP contribution in [-0.4, -0.2) is 69.6 Å². The summed E-state index contributed by atoms with van der Waals surface area (Å²) in [6.45, 7) is 0.604. The second kappa shape index (κ2) is 18.8. The van der Waals surface area contributed by atoms with Gasteiger partial charge in [-0.25, -0.2) is 0 Å². The summed E-state index contributed by atoms with van der Waals surface area (Å²) in [5.74, 6) is -3.39. The van der Waals surface area contributed by atoms with E-state index in [1.54, 1.807) is 0 Å². The summed E-state index contributed by atoms with van der Waals surface area (Å²) in [7, 11) is 0. The van der Waals surface area contributed by atoms with Crippen molar-refractivity contribution < 1.29 is 34.5 Å². The summed E-state index contributed by atoms with van der Waals surface area (Å²) >= 11 is 3.65. The minimum Gasteiger partial charge on any atom is -0.480 e. The molecule has 13 N–H and O–H groups in total. The zero-order valence-corrected chi connectivity index (χ0v) is 15.9. The predicted molar refractivity (Wildman–Crippen MR) is 102 cm³/mol. The molecule has 0 rings (SSSR count). The number of hydrogen-bond acceptors (Lipinski definition) is 9. The van der Waals surface area contributed by atoms with Gasteiger partial charge < -0.3 is 44.0 Å². The number of amides is 1. The Kier molecular flexibility index (Phi) is 20.8. The van der Waals surface area contributed by atoms with Crippen molar-refractivity contribution in [2.24, 2.45) is 28.7 Å². The quantitative estimate of drug-likeness (QED) is 0.126. The molecule has 3 atom stereocenters. The lowest BCUT2D eigenvalue weighted by molar-refractivity contribution is -0.139. The summed E-state index contributed by atoms with van der Waals surface area (Å²) < 4.78 is 0. The zero-order chi connectivity index (χ0) is 22.0. The van der Waals surface area contributed by atoms with Crippen molar-refractivity contribution in [1.29, 1.82) is 0 Å². The predicted octanol–water partition coefficient (Wildman–Crippen LogP) is -2.48. The Hall–Kier alpha value is -1.93. The summed E-state index contributed by atoms with van der Waals surface area (Å²) in [4.78, 5) is 40.0. The van der Waals surface area contributed by atoms with E-state index in [-0.39, 0.29) is 18.6 Å². The van der Waals surface area contributed by atoms with Crippen molar-refractivity contribution >= 4 is 36.4 Å². The topological polar surface area (TPSA) is 259 Å². The molecule has 0 aliphatic carbocycles. The second-order valence-corrected chi connectivity index (χ2v) is 5.67. The Balaban J connectivity index is -0.000000326. The highest BCUT2D eigenvalue weighted by Gasteiger charge is 2.11. The van der Waals surface area contributed by atoms with Gasteiger partial charge in [0.05, 0.1) is 0 Å². The number of carbonyl (C=O) groups excluding carboxylic acids is 1. The van der Waals surface area contributed by atoms with E-state index in [1.165, 1.54) is 0 Å². The number of rotatable bonds is 11. The molecule has 1 amide bonds. The summed E-state index contributed by atoms with van der Waals surface area (Å²) in [5, 5.41) is 24.6. The molecule has 12 nitrogen and oxygen atoms in total. The highest BCUT2D eigenvalue weighted by atomic mass is 32.1. The largest absolute Gasteiger partial charge is 0.480 e. The third-order valence-electron chi connectivity index (χ3n) is 2.82. The Morgan fingerprint density at radius 2 is 1.19 bits per heavy atom. The minimum absolute atomic E-state index is 0.0213. The number of nitrogens with two attached hydrogens (primary N) is 5. The van der Waals surface area contributed by atoms with Crippen molar-refractivity contribution in [3.05, 3.63) is 0 Å². The molecular weight excluding hydrogens is 382 g/mol. The molecule has 0 fully saturated rings. The lowest BCUT2D eigenvalue weighted by Gasteiger charge is -2.03. The van der Waals surface area contributed by atoms with Gasteiger partial charge in [-0.2, -0.15) is 12.6 Å². The standard InChI is InChI=1S/C6H14N2O2.C5H10N2O3.C3H7NO2S/c7-4-2-1-3-5(8)6(9)10;6-3(5(9)10)1-2-4(7)8;4-2(1-7)3(5)6/h5H,1-4,7-8H2,(H,9,10);3H,1-2,6H2,(H2,7,8)(H,9,10);2,7H,1,4H2,(H,5,6)/t5-;3-;2-/m000/s1. The molecule has 160 valence electrons. The van der Waals surface area contributed by atoms with Crippen molar-refractivity contribution in [1.82, 2.24) is 0 Å². The third-order valence-corrected chi connectivity index (χ3v) is 3.21. The molecule has 0 radical (unpaired) electrons. The molecule has 0 saturated carbocycles. The first-order chi connectivity index (χ1) is 12.4. The molecule has 0 heterocycles. The summed E-state index contributed by atoms with van der Waals surface area (Å²) in [5.41, 5.74) is 25.2. The van der Waals surface area contributed by atoms with Crippen LogP contribution in [0.5, 0.6) is 0 Å². The Labute approximate surface area is 162 Å². The number of carboxylic acids is 3. The molecule has 0 spiro atoms. The van der Waals surface area contributed by atoms with Gasteiger partial charge in [0, 0.05) is 12.2 Å². The fourth-order valence-corrected chi connectivity index (χ4v) is 1.29. The van der Waals surface area contributed by atoms with Crippen LogP contribution in [0.3, 0.4) is 0 Å². The SMILES string of the molecule is NC(=O)CC[C@H](N)C(=O)O.NCCCC[C@H](N)C(=O)O.N[C@@H](CS)C(=O)O. The second-order valence-electron chi connectivity index (χ2n) is 5.31. The first-order valence-electron chi connectivity index (χ1n) is 7.94. The van der Waals surface area contributed by atoms with Gasteiger partial charge >= 0.3 is 17.9 Å². The van der Waals surface area contributed by atoms with Gasteiger partial charge in [-0.15, -0.1) is 0 Å². The van der Waals surface area contributed by atoms with Gasteiger partial charge in [-0.05, 0) is 25.8 Å². The maximum Gasteiger partial charge on any atom is 0.321 e. The first kappa shape index (κ1) is 29.8. The maximum absolute atomic E-state index is 10.1. The Bertz CT molecular complexity index is 454. The van der Waals surface area contributed by atoms with Gasteiger partial charge in [-0.3, -0.25) is 19.2 Å². The molecule has 0 bridgehead atoms. The normalized spacial score (nSPS) is 12.9. The zero-order valence-electron chi connectivity index (χ0n) is 15.0. The monoisotopic (exact) mass is 413 g/mol. The Morgan fingerprint density at radius 3 is 1.44 bits per heavy atom. The van der Waals surface area contributed by atoms with Gasteiger partial charge in [0.2, 0.25) is 5.91 Å². The molecule has 0 aliphatic rings. The molecule has 13 heteroatoms. The number of hydrogen-bond donors (Lipinski definition) is 9. The first-order valence-corrected chi connectivity index (χ1v) is 8.58. The minimum atomic E-state index is -1.11. The average molecular weight is 413 g/mol. The lowest BCUT2D eigenvalue weighted by atomic mass is 10.1. The third kappa shape index (κ3) is 24.1.